The molecule has 2 aliphatic heterocycles. The molecule has 9 rings (SSSR count). The van der Waals surface area contributed by atoms with Gasteiger partial charge in [0.15, 0.2) is 0 Å². The number of rotatable bonds is 3. The molecule has 0 amide bonds. The molecule has 5 aromatic carbocycles. The van der Waals surface area contributed by atoms with Crippen molar-refractivity contribution in [2.24, 2.45) is 0 Å². The van der Waals surface area contributed by atoms with E-state index in [0.29, 0.717) is 0 Å². The number of aromatic nitrogens is 2. The topological polar surface area (TPSA) is 44.2 Å². The van der Waals surface area contributed by atoms with E-state index in [0.717, 1.165) is 61.9 Å². The first-order valence-electron chi connectivity index (χ1n) is 15.7. The van der Waals surface area contributed by atoms with E-state index >= 15 is 0 Å². The van der Waals surface area contributed by atoms with E-state index in [1.807, 2.05) is 72.9 Å². The summed E-state index contributed by atoms with van der Waals surface area (Å²) < 4.78 is 12.5. The molecule has 1 radical (unpaired) electrons. The smallest absolute Gasteiger partial charge is 0.241 e. The van der Waals surface area contributed by atoms with Gasteiger partial charge in [0.25, 0.3) is 0 Å². The van der Waals surface area contributed by atoms with Gasteiger partial charge in [0, 0.05) is 43.7 Å². The average Bonchev–Trinajstić information content (AvgIpc) is 3.13. The Balaban J connectivity index is 0.000000156. The van der Waals surface area contributed by atoms with Crippen LogP contribution >= 0.6 is 0 Å². The zero-order valence-corrected chi connectivity index (χ0v) is 28.8. The van der Waals surface area contributed by atoms with Crippen molar-refractivity contribution in [3.8, 4) is 56.6 Å². The number of benzene rings is 5. The molecule has 0 fully saturated rings. The Bertz CT molecular complexity index is 2220. The predicted molar refractivity (Wildman–Crippen MR) is 190 cm³/mol. The fourth-order valence-corrected chi connectivity index (χ4v) is 6.31. The van der Waals surface area contributed by atoms with Gasteiger partial charge in [0.05, 0.1) is 0 Å². The SMILES string of the molecule is Cc1c[c-]c(-c2cc(-c3ccccc3)c(C)cn2)cc1.[Ir].[c-]1ccc2c(c1-c1ccccn1)Oc1cccc3c1B2c1ccccc1O3. The fourth-order valence-electron chi connectivity index (χ4n) is 6.31. The molecule has 0 saturated carbocycles. The second-order valence-electron chi connectivity index (χ2n) is 11.7. The van der Waals surface area contributed by atoms with Crippen molar-refractivity contribution in [3.63, 3.8) is 0 Å². The summed E-state index contributed by atoms with van der Waals surface area (Å²) in [4.78, 5) is 9.04. The van der Waals surface area contributed by atoms with Gasteiger partial charge in [-0.3, -0.25) is 0 Å². The van der Waals surface area contributed by atoms with Crippen LogP contribution in [0.2, 0.25) is 0 Å². The van der Waals surface area contributed by atoms with E-state index in [2.05, 4.69) is 96.6 Å². The Morgan fingerprint density at radius 2 is 1.42 bits per heavy atom. The summed E-state index contributed by atoms with van der Waals surface area (Å²) in [5.74, 6) is 3.40. The first-order valence-corrected chi connectivity index (χ1v) is 15.7. The van der Waals surface area contributed by atoms with Gasteiger partial charge >= 0.3 is 0 Å². The van der Waals surface area contributed by atoms with E-state index in [1.54, 1.807) is 6.20 Å². The summed E-state index contributed by atoms with van der Waals surface area (Å²) in [5, 5.41) is 0. The maximum Gasteiger partial charge on any atom is 0.241 e. The molecule has 4 heterocycles. The minimum Gasteiger partial charge on any atom is -0.503 e. The van der Waals surface area contributed by atoms with Crippen LogP contribution in [0.5, 0.6) is 23.0 Å². The van der Waals surface area contributed by atoms with Gasteiger partial charge in [-0.25, -0.2) is 0 Å². The minimum atomic E-state index is 0. The van der Waals surface area contributed by atoms with Crippen molar-refractivity contribution < 1.29 is 29.6 Å². The van der Waals surface area contributed by atoms with E-state index in [9.17, 15) is 0 Å². The maximum atomic E-state index is 6.37. The fraction of sp³-hybridized carbons (Fsp3) is 0.0476. The Hall–Kier alpha value is -5.29. The number of nitrogens with zero attached hydrogens (tertiary/aromatic N) is 2. The number of hydrogen-bond acceptors (Lipinski definition) is 4. The third kappa shape index (κ3) is 5.86. The molecule has 2 aliphatic rings. The van der Waals surface area contributed by atoms with Crippen LogP contribution in [-0.2, 0) is 20.1 Å². The number of aryl methyl sites for hydroxylation is 2. The molecule has 0 saturated heterocycles. The third-order valence-corrected chi connectivity index (χ3v) is 8.62. The number of pyridine rings is 2. The molecule has 233 valence electrons. The average molecular weight is 797 g/mol. The first kappa shape index (κ1) is 31.3. The molecule has 0 atom stereocenters. The second-order valence-corrected chi connectivity index (χ2v) is 11.7. The maximum absolute atomic E-state index is 6.37. The van der Waals surface area contributed by atoms with Gasteiger partial charge in [0.2, 0.25) is 6.71 Å². The van der Waals surface area contributed by atoms with Crippen molar-refractivity contribution in [2.45, 2.75) is 13.8 Å². The number of para-hydroxylation sites is 1. The quantitative estimate of drug-likeness (QED) is 0.134. The first-order chi connectivity index (χ1) is 23.1. The van der Waals surface area contributed by atoms with E-state index in [4.69, 9.17) is 9.47 Å². The van der Waals surface area contributed by atoms with Gasteiger partial charge in [-0.15, -0.1) is 59.1 Å². The minimum absolute atomic E-state index is 0. The monoisotopic (exact) mass is 797 g/mol. The Labute approximate surface area is 294 Å². The van der Waals surface area contributed by atoms with Crippen LogP contribution in [0.25, 0.3) is 33.6 Å². The van der Waals surface area contributed by atoms with Crippen LogP contribution in [-0.4, -0.2) is 16.7 Å². The molecular formula is C42H29BIrN2O2-2. The summed E-state index contributed by atoms with van der Waals surface area (Å²) in [6.45, 7) is 4.23. The largest absolute Gasteiger partial charge is 0.503 e. The Morgan fingerprint density at radius 1 is 0.646 bits per heavy atom. The summed E-state index contributed by atoms with van der Waals surface area (Å²) in [5.41, 5.74) is 11.9. The third-order valence-electron chi connectivity index (χ3n) is 8.62. The van der Waals surface area contributed by atoms with Gasteiger partial charge < -0.3 is 19.4 Å². The van der Waals surface area contributed by atoms with Gasteiger partial charge in [-0.1, -0.05) is 85.3 Å². The molecule has 0 spiro atoms. The molecule has 7 aromatic rings. The van der Waals surface area contributed by atoms with Crippen molar-refractivity contribution in [1.29, 1.82) is 0 Å². The standard InChI is InChI=1S/C23H13BNO2.C19H16N.Ir/c1-2-11-19-16(8-1)24-17-9-5-7-15(18-10-3-4-14-25-18)23(17)27-21-13-6-12-20(26-19)22(21)24;1-14-8-10-17(11-9-14)19-12-18(15(2)13-20-19)16-6-4-3-5-7-16;/h1-6,8-14H;3-10,12-13H,1-2H3;/q2*-1;. The summed E-state index contributed by atoms with van der Waals surface area (Å²) >= 11 is 0. The van der Waals surface area contributed by atoms with Crippen molar-refractivity contribution in [3.05, 3.63) is 163 Å². The molecule has 0 N–H and O–H groups in total. The summed E-state index contributed by atoms with van der Waals surface area (Å²) in [6, 6.07) is 49.5. The zero-order valence-electron chi connectivity index (χ0n) is 26.4. The zero-order chi connectivity index (χ0) is 31.7. The molecule has 0 bridgehead atoms. The summed E-state index contributed by atoms with van der Waals surface area (Å²) in [6.07, 6.45) is 3.73. The van der Waals surface area contributed by atoms with E-state index < -0.39 is 0 Å². The summed E-state index contributed by atoms with van der Waals surface area (Å²) in [7, 11) is 0. The number of ether oxygens (including phenoxy) is 2. The van der Waals surface area contributed by atoms with E-state index in [-0.39, 0.29) is 26.8 Å². The van der Waals surface area contributed by atoms with Gasteiger partial charge in [-0.05, 0) is 64.7 Å². The van der Waals surface area contributed by atoms with Crippen molar-refractivity contribution in [1.82, 2.24) is 9.97 Å². The van der Waals surface area contributed by atoms with Crippen LogP contribution in [0, 0.1) is 26.0 Å². The van der Waals surface area contributed by atoms with Crippen LogP contribution in [0.15, 0.2) is 140 Å². The van der Waals surface area contributed by atoms with Crippen LogP contribution in [0.1, 0.15) is 11.1 Å². The van der Waals surface area contributed by atoms with Crippen LogP contribution in [0.3, 0.4) is 0 Å². The normalized spacial score (nSPS) is 11.7. The molecule has 48 heavy (non-hydrogen) atoms. The van der Waals surface area contributed by atoms with Crippen molar-refractivity contribution >= 4 is 23.1 Å². The number of hydrogen-bond donors (Lipinski definition) is 0. The molecule has 4 nitrogen and oxygen atoms in total. The molecular weight excluding hydrogens is 768 g/mol. The second kappa shape index (κ2) is 13.4. The van der Waals surface area contributed by atoms with Crippen LogP contribution in [0.4, 0.5) is 0 Å². The molecule has 0 unspecified atom stereocenters. The van der Waals surface area contributed by atoms with Gasteiger partial charge in [-0.2, -0.15) is 0 Å². The molecule has 2 aromatic heterocycles. The van der Waals surface area contributed by atoms with E-state index in [1.165, 1.54) is 22.3 Å². The Kier molecular flexibility index (Phi) is 8.77. The predicted octanol–water partition coefficient (Wildman–Crippen LogP) is 8.11. The number of fused-ring (bicyclic) bond motifs is 4. The molecule has 6 heteroatoms. The van der Waals surface area contributed by atoms with Gasteiger partial charge in [0.1, 0.15) is 17.2 Å². The molecule has 0 aliphatic carbocycles. The van der Waals surface area contributed by atoms with Crippen LogP contribution < -0.4 is 25.9 Å². The van der Waals surface area contributed by atoms with Crippen molar-refractivity contribution in [2.75, 3.05) is 0 Å². The Morgan fingerprint density at radius 3 is 2.21 bits per heavy atom.